The highest BCUT2D eigenvalue weighted by Crippen LogP contribution is 2.34. The first-order valence-corrected chi connectivity index (χ1v) is 11.0. The lowest BCUT2D eigenvalue weighted by atomic mass is 10.1. The molecule has 4 rings (SSSR count). The van der Waals surface area contributed by atoms with E-state index in [-0.39, 0.29) is 31.0 Å². The van der Waals surface area contributed by atoms with Crippen LogP contribution in [0.2, 0.25) is 5.02 Å². The number of rotatable bonds is 7. The van der Waals surface area contributed by atoms with Crippen LogP contribution in [0.3, 0.4) is 0 Å². The number of aromatic nitrogens is 1. The van der Waals surface area contributed by atoms with Crippen LogP contribution in [0, 0.1) is 11.6 Å². The number of ether oxygens (including phenoxy) is 2. The Labute approximate surface area is 197 Å². The van der Waals surface area contributed by atoms with Crippen molar-refractivity contribution >= 4 is 23.4 Å². The summed E-state index contributed by atoms with van der Waals surface area (Å²) in [5.74, 6) is -4.38. The second-order valence-corrected chi connectivity index (χ2v) is 8.27. The molecule has 1 aromatic carbocycles. The Morgan fingerprint density at radius 3 is 2.85 bits per heavy atom. The summed E-state index contributed by atoms with van der Waals surface area (Å²) in [6.07, 6.45) is 1.23. The van der Waals surface area contributed by atoms with Gasteiger partial charge in [-0.2, -0.15) is 0 Å². The van der Waals surface area contributed by atoms with Gasteiger partial charge in [0.25, 0.3) is 11.8 Å². The van der Waals surface area contributed by atoms with Crippen LogP contribution in [0.15, 0.2) is 23.1 Å². The Morgan fingerprint density at radius 1 is 1.35 bits per heavy atom. The van der Waals surface area contributed by atoms with E-state index < -0.39 is 64.0 Å². The SMILES string of the molecule is CCCOC[C@H]1[C@@H]2OCCN2C(=O)c2c(O)c(=O)c(C(=O)NCc3ccc(F)c(Cl)c3F)cn21. The molecule has 1 fully saturated rings. The van der Waals surface area contributed by atoms with Crippen LogP contribution in [0.4, 0.5) is 8.78 Å². The first-order valence-electron chi connectivity index (χ1n) is 10.6. The highest BCUT2D eigenvalue weighted by Gasteiger charge is 2.45. The molecule has 34 heavy (non-hydrogen) atoms. The van der Waals surface area contributed by atoms with Crippen molar-refractivity contribution in [1.29, 1.82) is 0 Å². The van der Waals surface area contributed by atoms with Gasteiger partial charge in [0.1, 0.15) is 28.3 Å². The van der Waals surface area contributed by atoms with Crippen LogP contribution in [0.1, 0.15) is 45.8 Å². The summed E-state index contributed by atoms with van der Waals surface area (Å²) in [5.41, 5.74) is -1.88. The van der Waals surface area contributed by atoms with Gasteiger partial charge in [0.2, 0.25) is 5.43 Å². The Kier molecular flexibility index (Phi) is 6.87. The van der Waals surface area contributed by atoms with Crippen molar-refractivity contribution in [3.63, 3.8) is 0 Å². The summed E-state index contributed by atoms with van der Waals surface area (Å²) < 4.78 is 40.2. The van der Waals surface area contributed by atoms with Crippen molar-refractivity contribution < 1.29 is 33.0 Å². The number of nitrogens with one attached hydrogen (secondary N) is 1. The molecule has 0 unspecified atom stereocenters. The molecule has 2 aromatic rings. The fourth-order valence-electron chi connectivity index (χ4n) is 4.04. The van der Waals surface area contributed by atoms with Crippen LogP contribution >= 0.6 is 11.6 Å². The van der Waals surface area contributed by atoms with E-state index >= 15 is 0 Å². The monoisotopic (exact) mass is 497 g/mol. The summed E-state index contributed by atoms with van der Waals surface area (Å²) in [6.45, 7) is 2.65. The molecule has 0 bridgehead atoms. The topological polar surface area (TPSA) is 110 Å². The van der Waals surface area contributed by atoms with Crippen LogP contribution in [-0.4, -0.2) is 59.0 Å². The number of hydrogen-bond acceptors (Lipinski definition) is 6. The molecule has 0 radical (unpaired) electrons. The second kappa shape index (κ2) is 9.69. The summed E-state index contributed by atoms with van der Waals surface area (Å²) in [5, 5.41) is 12.2. The van der Waals surface area contributed by atoms with Crippen LogP contribution < -0.4 is 10.7 Å². The van der Waals surface area contributed by atoms with Crippen molar-refractivity contribution in [3.8, 4) is 5.75 Å². The maximum atomic E-state index is 14.2. The third-order valence-corrected chi connectivity index (χ3v) is 6.07. The highest BCUT2D eigenvalue weighted by atomic mass is 35.5. The van der Waals surface area contributed by atoms with E-state index in [0.29, 0.717) is 6.61 Å². The van der Waals surface area contributed by atoms with E-state index in [0.717, 1.165) is 24.8 Å². The number of carbonyl (C=O) groups excluding carboxylic acids is 2. The predicted octanol–water partition coefficient (Wildman–Crippen LogP) is 2.20. The standard InChI is InChI=1S/C22H22ClF2N3O6/c1-2-6-33-10-14-22-27(5-7-34-22)21(32)17-19(30)18(29)12(9-28(14)17)20(31)26-8-11-3-4-13(24)15(23)16(11)25/h3-4,9,14,22,30H,2,5-8,10H2,1H3,(H,26,31)/t14-,22-/m0/s1. The second-order valence-electron chi connectivity index (χ2n) is 7.90. The zero-order valence-electron chi connectivity index (χ0n) is 18.1. The van der Waals surface area contributed by atoms with E-state index in [9.17, 15) is 28.3 Å². The molecule has 3 heterocycles. The smallest absolute Gasteiger partial charge is 0.276 e. The van der Waals surface area contributed by atoms with Crippen molar-refractivity contribution in [2.75, 3.05) is 26.4 Å². The zero-order chi connectivity index (χ0) is 24.6. The van der Waals surface area contributed by atoms with Gasteiger partial charge in [-0.15, -0.1) is 0 Å². The fraction of sp³-hybridized carbons (Fsp3) is 0.409. The quantitative estimate of drug-likeness (QED) is 0.448. The van der Waals surface area contributed by atoms with Crippen molar-refractivity contribution in [2.24, 2.45) is 0 Å². The molecule has 1 saturated heterocycles. The molecule has 12 heteroatoms. The van der Waals surface area contributed by atoms with Gasteiger partial charge in [-0.1, -0.05) is 24.6 Å². The molecular weight excluding hydrogens is 476 g/mol. The van der Waals surface area contributed by atoms with Crippen LogP contribution in [0.25, 0.3) is 0 Å². The van der Waals surface area contributed by atoms with E-state index in [1.165, 1.54) is 9.47 Å². The summed E-state index contributed by atoms with van der Waals surface area (Å²) in [6, 6.07) is 1.44. The zero-order valence-corrected chi connectivity index (χ0v) is 18.9. The summed E-state index contributed by atoms with van der Waals surface area (Å²) in [4.78, 5) is 39.9. The van der Waals surface area contributed by atoms with Gasteiger partial charge in [-0.25, -0.2) is 8.78 Å². The average molecular weight is 498 g/mol. The van der Waals surface area contributed by atoms with Gasteiger partial charge in [0.05, 0.1) is 13.2 Å². The van der Waals surface area contributed by atoms with Crippen molar-refractivity contribution in [3.05, 3.63) is 62.0 Å². The van der Waals surface area contributed by atoms with Crippen LogP contribution in [-0.2, 0) is 16.0 Å². The molecule has 0 spiro atoms. The normalized spacial score (nSPS) is 19.2. The molecule has 9 nitrogen and oxygen atoms in total. The van der Waals surface area contributed by atoms with Gasteiger partial charge in [-0.05, 0) is 12.5 Å². The maximum absolute atomic E-state index is 14.2. The first kappa shape index (κ1) is 24.1. The number of benzene rings is 1. The largest absolute Gasteiger partial charge is 0.503 e. The number of nitrogens with zero attached hydrogens (tertiary/aromatic N) is 2. The predicted molar refractivity (Wildman–Crippen MR) is 116 cm³/mol. The van der Waals surface area contributed by atoms with E-state index in [1.54, 1.807) is 0 Å². The summed E-state index contributed by atoms with van der Waals surface area (Å²) in [7, 11) is 0. The molecule has 1 aromatic heterocycles. The highest BCUT2D eigenvalue weighted by molar-refractivity contribution is 6.30. The molecule has 0 saturated carbocycles. The Bertz CT molecular complexity index is 1200. The minimum absolute atomic E-state index is 0.0990. The number of halogens is 3. The minimum Gasteiger partial charge on any atom is -0.503 e. The number of hydrogen-bond donors (Lipinski definition) is 2. The van der Waals surface area contributed by atoms with E-state index in [1.807, 2.05) is 6.92 Å². The third kappa shape index (κ3) is 4.15. The van der Waals surface area contributed by atoms with Gasteiger partial charge in [0, 0.05) is 31.5 Å². The maximum Gasteiger partial charge on any atom is 0.276 e. The van der Waals surface area contributed by atoms with E-state index in [2.05, 4.69) is 5.32 Å². The average Bonchev–Trinajstić information content (AvgIpc) is 3.31. The Morgan fingerprint density at radius 2 is 2.12 bits per heavy atom. The molecule has 2 aliphatic heterocycles. The molecule has 2 atom stereocenters. The number of pyridine rings is 1. The lowest BCUT2D eigenvalue weighted by Crippen LogP contribution is -2.50. The van der Waals surface area contributed by atoms with Gasteiger partial charge in [-0.3, -0.25) is 14.4 Å². The number of fused-ring (bicyclic) bond motifs is 2. The molecule has 2 amide bonds. The fourth-order valence-corrected chi connectivity index (χ4v) is 4.22. The molecule has 2 N–H and O–H groups in total. The minimum atomic E-state index is -1.05. The van der Waals surface area contributed by atoms with Crippen molar-refractivity contribution in [2.45, 2.75) is 32.2 Å². The summed E-state index contributed by atoms with van der Waals surface area (Å²) >= 11 is 5.56. The number of carbonyl (C=O) groups is 2. The third-order valence-electron chi connectivity index (χ3n) is 5.72. The molecule has 2 aliphatic rings. The number of aromatic hydroxyl groups is 1. The van der Waals surface area contributed by atoms with Crippen LogP contribution in [0.5, 0.6) is 5.75 Å². The first-order chi connectivity index (χ1) is 16.3. The van der Waals surface area contributed by atoms with Gasteiger partial charge >= 0.3 is 0 Å². The van der Waals surface area contributed by atoms with Gasteiger partial charge < -0.3 is 29.4 Å². The molecular formula is C22H22ClF2N3O6. The van der Waals surface area contributed by atoms with Crippen molar-refractivity contribution in [1.82, 2.24) is 14.8 Å². The lowest BCUT2D eigenvalue weighted by Gasteiger charge is -2.38. The Hall–Kier alpha value is -3.02. The van der Waals surface area contributed by atoms with E-state index in [4.69, 9.17) is 21.1 Å². The molecule has 0 aliphatic carbocycles. The van der Waals surface area contributed by atoms with Gasteiger partial charge in [0.15, 0.2) is 17.7 Å². The Balaban J connectivity index is 1.67. The number of amides is 2. The lowest BCUT2D eigenvalue weighted by molar-refractivity contribution is -0.0422. The molecule has 182 valence electrons.